The summed E-state index contributed by atoms with van der Waals surface area (Å²) in [5.41, 5.74) is 12.2. The molecule has 0 radical (unpaired) electrons. The predicted molar refractivity (Wildman–Crippen MR) is 119 cm³/mol. The van der Waals surface area contributed by atoms with Crippen LogP contribution < -0.4 is 15.5 Å². The van der Waals surface area contributed by atoms with Crippen LogP contribution in [-0.4, -0.2) is 54.6 Å². The Bertz CT molecular complexity index is 991. The fourth-order valence-corrected chi connectivity index (χ4v) is 4.95. The minimum absolute atomic E-state index is 0.0723. The number of halogens is 3. The number of thiazole rings is 1. The van der Waals surface area contributed by atoms with Gasteiger partial charge in [-0.3, -0.25) is 10.2 Å². The van der Waals surface area contributed by atoms with Gasteiger partial charge in [0.25, 0.3) is 0 Å². The molecule has 2 unspecified atom stereocenters. The molecule has 2 aliphatic heterocycles. The molecule has 9 nitrogen and oxygen atoms in total. The molecule has 2 saturated heterocycles. The van der Waals surface area contributed by atoms with E-state index < -0.39 is 11.8 Å². The van der Waals surface area contributed by atoms with E-state index in [-0.39, 0.29) is 17.4 Å². The molecule has 1 aromatic heterocycles. The Morgan fingerprint density at radius 1 is 1.29 bits per heavy atom. The Balaban J connectivity index is 0.000000491. The standard InChI is InChI=1S/C16H15Cl2FN6S.C2H5NO2/c17-10-1-11(19)14(18)12(2-10)24-4-8-6-25(7-9(8)5-24)16-22-3-13(26-16)15(20)23-21;3-1-2(4)5/h1-3,8-9,20-21H,4-7H2;1,3H2,(H,4,5). The number of benzene rings is 1. The lowest BCUT2D eigenvalue weighted by molar-refractivity contribution is -0.135. The van der Waals surface area contributed by atoms with Crippen molar-refractivity contribution in [2.75, 3.05) is 42.5 Å². The number of hydrogen-bond donors (Lipinski definition) is 4. The lowest BCUT2D eigenvalue weighted by atomic mass is 10.0. The van der Waals surface area contributed by atoms with E-state index in [4.69, 9.17) is 39.2 Å². The number of carboxylic acids is 1. The molecule has 2 aromatic rings. The van der Waals surface area contributed by atoms with E-state index in [1.807, 2.05) is 0 Å². The molecule has 0 bridgehead atoms. The first-order chi connectivity index (χ1) is 14.7. The summed E-state index contributed by atoms with van der Waals surface area (Å²) >= 11 is 13.5. The van der Waals surface area contributed by atoms with Gasteiger partial charge in [-0.15, -0.1) is 5.11 Å². The minimum Gasteiger partial charge on any atom is -0.480 e. The lowest BCUT2D eigenvalue weighted by Gasteiger charge is -2.24. The number of anilines is 2. The molecule has 5 N–H and O–H groups in total. The van der Waals surface area contributed by atoms with E-state index in [2.05, 4.69) is 25.6 Å². The van der Waals surface area contributed by atoms with Crippen LogP contribution in [0.25, 0.3) is 0 Å². The summed E-state index contributed by atoms with van der Waals surface area (Å²) in [6.07, 6.45) is 1.59. The molecule has 166 valence electrons. The van der Waals surface area contributed by atoms with Crippen molar-refractivity contribution in [3.8, 4) is 0 Å². The van der Waals surface area contributed by atoms with Gasteiger partial charge in [0.1, 0.15) is 5.82 Å². The first-order valence-corrected chi connectivity index (χ1v) is 10.8. The van der Waals surface area contributed by atoms with Gasteiger partial charge in [0, 0.05) is 43.0 Å². The highest BCUT2D eigenvalue weighted by Crippen LogP contribution is 2.40. The van der Waals surface area contributed by atoms with Crippen molar-refractivity contribution < 1.29 is 14.3 Å². The topological polar surface area (TPSA) is 143 Å². The SMILES string of the molecule is N=NC(=N)c1cnc(N2CC3CN(c4cc(Cl)cc(F)c4Cl)CC3C2)s1.NCC(=O)O. The highest BCUT2D eigenvalue weighted by atomic mass is 35.5. The first kappa shape index (κ1) is 23.3. The van der Waals surface area contributed by atoms with E-state index in [1.165, 1.54) is 17.4 Å². The normalized spacial score (nSPS) is 19.6. The predicted octanol–water partition coefficient (Wildman–Crippen LogP) is 3.55. The van der Waals surface area contributed by atoms with Gasteiger partial charge in [0.2, 0.25) is 0 Å². The van der Waals surface area contributed by atoms with E-state index in [1.54, 1.807) is 12.3 Å². The second kappa shape index (κ2) is 9.86. The number of amidine groups is 1. The van der Waals surface area contributed by atoms with Gasteiger partial charge in [-0.25, -0.2) is 14.9 Å². The molecule has 0 aliphatic carbocycles. The number of aromatic nitrogens is 1. The Labute approximate surface area is 191 Å². The number of nitrogens with one attached hydrogen (secondary N) is 2. The summed E-state index contributed by atoms with van der Waals surface area (Å²) < 4.78 is 13.9. The van der Waals surface area contributed by atoms with Gasteiger partial charge in [0.05, 0.1) is 28.3 Å². The molecule has 2 aliphatic rings. The van der Waals surface area contributed by atoms with Gasteiger partial charge in [-0.05, 0) is 12.1 Å². The Morgan fingerprint density at radius 3 is 2.42 bits per heavy atom. The first-order valence-electron chi connectivity index (χ1n) is 9.22. The molecule has 0 saturated carbocycles. The van der Waals surface area contributed by atoms with Crippen LogP contribution in [0.15, 0.2) is 23.4 Å². The molecule has 13 heteroatoms. The Morgan fingerprint density at radius 2 is 1.87 bits per heavy atom. The molecule has 3 heterocycles. The third-order valence-electron chi connectivity index (χ3n) is 5.08. The monoisotopic (exact) mass is 487 g/mol. The molecule has 0 spiro atoms. The van der Waals surface area contributed by atoms with E-state index in [9.17, 15) is 9.18 Å². The van der Waals surface area contributed by atoms with Crippen LogP contribution in [0.1, 0.15) is 4.88 Å². The fourth-order valence-electron chi connectivity index (χ4n) is 3.69. The number of nitrogens with two attached hydrogens (primary N) is 1. The van der Waals surface area contributed by atoms with Crippen molar-refractivity contribution in [2.24, 2.45) is 22.7 Å². The lowest BCUT2D eigenvalue weighted by Crippen LogP contribution is -2.28. The third-order valence-corrected chi connectivity index (χ3v) is 6.74. The number of carbonyl (C=O) groups is 1. The molecule has 31 heavy (non-hydrogen) atoms. The van der Waals surface area contributed by atoms with Crippen LogP contribution in [0.3, 0.4) is 0 Å². The summed E-state index contributed by atoms with van der Waals surface area (Å²) in [6, 6.07) is 2.95. The summed E-state index contributed by atoms with van der Waals surface area (Å²) in [6.45, 7) is 2.99. The summed E-state index contributed by atoms with van der Waals surface area (Å²) in [4.78, 5) is 18.5. The van der Waals surface area contributed by atoms with Crippen LogP contribution in [0.2, 0.25) is 10.0 Å². The van der Waals surface area contributed by atoms with Gasteiger partial charge < -0.3 is 20.6 Å². The molecule has 4 rings (SSSR count). The molecular weight excluding hydrogens is 468 g/mol. The van der Waals surface area contributed by atoms with Gasteiger partial charge in [0.15, 0.2) is 11.0 Å². The second-order valence-corrected chi connectivity index (χ2v) is 8.94. The Kier molecular flexibility index (Phi) is 7.42. The zero-order valence-electron chi connectivity index (χ0n) is 16.2. The number of rotatable bonds is 4. The highest BCUT2D eigenvalue weighted by molar-refractivity contribution is 7.17. The average Bonchev–Trinajstić information content (AvgIpc) is 3.44. The summed E-state index contributed by atoms with van der Waals surface area (Å²) in [7, 11) is 0. The van der Waals surface area contributed by atoms with Crippen molar-refractivity contribution in [1.29, 1.82) is 10.9 Å². The van der Waals surface area contributed by atoms with Gasteiger partial charge >= 0.3 is 5.97 Å². The fraction of sp³-hybridized carbons (Fsp3) is 0.389. The number of hydrogen-bond acceptors (Lipinski definition) is 8. The molecule has 0 amide bonds. The van der Waals surface area contributed by atoms with Crippen molar-refractivity contribution >= 4 is 57.2 Å². The maximum absolute atomic E-state index is 13.9. The van der Waals surface area contributed by atoms with Crippen LogP contribution in [-0.2, 0) is 4.79 Å². The average molecular weight is 488 g/mol. The third kappa shape index (κ3) is 5.29. The maximum Gasteiger partial charge on any atom is 0.317 e. The van der Waals surface area contributed by atoms with Gasteiger partial charge in [-0.2, -0.15) is 0 Å². The number of nitrogens with zero attached hydrogens (tertiary/aromatic N) is 4. The van der Waals surface area contributed by atoms with Crippen LogP contribution in [0, 0.1) is 28.6 Å². The highest BCUT2D eigenvalue weighted by Gasteiger charge is 2.41. The minimum atomic E-state index is -0.968. The zero-order valence-corrected chi connectivity index (χ0v) is 18.5. The van der Waals surface area contributed by atoms with Crippen LogP contribution in [0.4, 0.5) is 15.2 Å². The Hall–Kier alpha value is -2.34. The molecule has 2 fully saturated rings. The van der Waals surface area contributed by atoms with E-state index in [0.29, 0.717) is 27.4 Å². The second-order valence-electron chi connectivity index (χ2n) is 7.12. The van der Waals surface area contributed by atoms with Crippen molar-refractivity contribution in [1.82, 2.24) is 4.98 Å². The van der Waals surface area contributed by atoms with Crippen LogP contribution in [0.5, 0.6) is 0 Å². The number of carboxylic acid groups (broad SMARTS) is 1. The number of fused-ring (bicyclic) bond motifs is 1. The van der Waals surface area contributed by atoms with E-state index in [0.717, 1.165) is 31.3 Å². The van der Waals surface area contributed by atoms with Crippen molar-refractivity contribution in [3.63, 3.8) is 0 Å². The van der Waals surface area contributed by atoms with Crippen LogP contribution >= 0.6 is 34.5 Å². The van der Waals surface area contributed by atoms with Crippen molar-refractivity contribution in [3.05, 3.63) is 39.1 Å². The largest absolute Gasteiger partial charge is 0.480 e. The van der Waals surface area contributed by atoms with Crippen molar-refractivity contribution in [2.45, 2.75) is 0 Å². The summed E-state index contributed by atoms with van der Waals surface area (Å²) in [5, 5.41) is 19.7. The molecule has 1 aromatic carbocycles. The quantitative estimate of drug-likeness (QED) is 0.224. The number of aliphatic carboxylic acids is 1. The van der Waals surface area contributed by atoms with Gasteiger partial charge in [-0.1, -0.05) is 34.5 Å². The smallest absolute Gasteiger partial charge is 0.317 e. The van der Waals surface area contributed by atoms with E-state index >= 15 is 0 Å². The molecular formula is C18H20Cl2FN7O2S. The zero-order chi connectivity index (χ0) is 22.7. The maximum atomic E-state index is 13.9. The molecule has 2 atom stereocenters. The summed E-state index contributed by atoms with van der Waals surface area (Å²) in [5.74, 6) is -0.672.